The maximum Gasteiger partial charge on any atom is 0.0239 e. The van der Waals surface area contributed by atoms with Crippen molar-refractivity contribution in [3.63, 3.8) is 0 Å². The monoisotopic (exact) mass is 266 g/mol. The van der Waals surface area contributed by atoms with Crippen molar-refractivity contribution in [3.05, 3.63) is 24.3 Å². The van der Waals surface area contributed by atoms with E-state index in [9.17, 15) is 0 Å². The Morgan fingerprint density at radius 2 is 1.20 bits per heavy atom. The Morgan fingerprint density at radius 1 is 0.900 bits per heavy atom. The molecule has 10 heavy (non-hydrogen) atoms. The van der Waals surface area contributed by atoms with Crippen LogP contribution in [0.4, 0.5) is 0 Å². The van der Waals surface area contributed by atoms with Crippen LogP contribution in [-0.4, -0.2) is 10.7 Å². The summed E-state index contributed by atoms with van der Waals surface area (Å²) in [6.07, 6.45) is 2.10. The highest BCUT2D eigenvalue weighted by molar-refractivity contribution is 9.09. The predicted octanol–water partition coefficient (Wildman–Crippen LogP) is 3.67. The van der Waals surface area contributed by atoms with E-state index in [1.807, 2.05) is 0 Å². The molecule has 0 bridgehead atoms. The third-order valence-corrected chi connectivity index (χ3v) is 2.80. The lowest BCUT2D eigenvalue weighted by Crippen LogP contribution is -1.86. The first-order valence-electron chi connectivity index (χ1n) is 3.16. The lowest BCUT2D eigenvalue weighted by Gasteiger charge is -2.01. The molecule has 0 heterocycles. The second kappa shape index (κ2) is 6.17. The maximum absolute atomic E-state index is 3.88. The molecule has 0 N–H and O–H groups in total. The van der Waals surface area contributed by atoms with Crippen molar-refractivity contribution >= 4 is 31.9 Å². The first kappa shape index (κ1) is 10.4. The summed E-state index contributed by atoms with van der Waals surface area (Å²) in [6, 6.07) is 0. The molecule has 0 saturated heterocycles. The Bertz CT molecular complexity index is 111. The number of rotatable bonds is 5. The number of allylic oxidation sites excluding steroid dienone is 2. The van der Waals surface area contributed by atoms with Crippen molar-refractivity contribution < 1.29 is 0 Å². The Balaban J connectivity index is 3.35. The van der Waals surface area contributed by atoms with Gasteiger partial charge in [0.1, 0.15) is 0 Å². The van der Waals surface area contributed by atoms with E-state index in [1.54, 1.807) is 0 Å². The number of hydrogen-bond acceptors (Lipinski definition) is 0. The molecule has 0 aliphatic carbocycles. The number of halogens is 2. The Labute approximate surface area is 79.6 Å². The average molecular weight is 268 g/mol. The highest BCUT2D eigenvalue weighted by atomic mass is 79.9. The van der Waals surface area contributed by atoms with Gasteiger partial charge in [0.15, 0.2) is 0 Å². The third kappa shape index (κ3) is 5.24. The summed E-state index contributed by atoms with van der Waals surface area (Å²) < 4.78 is 0. The van der Waals surface area contributed by atoms with Crippen molar-refractivity contribution in [3.8, 4) is 0 Å². The quantitative estimate of drug-likeness (QED) is 0.527. The largest absolute Gasteiger partial charge is 0.0990 e. The fraction of sp³-hybridized carbons (Fsp3) is 0.500. The van der Waals surface area contributed by atoms with E-state index < -0.39 is 0 Å². The second-order valence-electron chi connectivity index (χ2n) is 2.27. The maximum atomic E-state index is 3.88. The van der Waals surface area contributed by atoms with Gasteiger partial charge in [-0.2, -0.15) is 0 Å². The molecule has 58 valence electrons. The molecule has 0 aliphatic heterocycles. The zero-order valence-electron chi connectivity index (χ0n) is 6.00. The van der Waals surface area contributed by atoms with Crippen molar-refractivity contribution in [2.75, 3.05) is 10.7 Å². The molecule has 0 amide bonds. The van der Waals surface area contributed by atoms with Crippen molar-refractivity contribution in [2.24, 2.45) is 0 Å². The summed E-state index contributed by atoms with van der Waals surface area (Å²) in [6.45, 7) is 7.75. The van der Waals surface area contributed by atoms with E-state index in [1.165, 1.54) is 11.1 Å². The summed E-state index contributed by atoms with van der Waals surface area (Å²) in [5.74, 6) is 0. The Kier molecular flexibility index (Phi) is 6.44. The highest BCUT2D eigenvalue weighted by Crippen LogP contribution is 2.11. The Morgan fingerprint density at radius 3 is 1.40 bits per heavy atom. The van der Waals surface area contributed by atoms with E-state index in [0.717, 1.165) is 23.5 Å². The van der Waals surface area contributed by atoms with E-state index in [4.69, 9.17) is 0 Å². The number of hydrogen-bond donors (Lipinski definition) is 0. The van der Waals surface area contributed by atoms with Crippen LogP contribution in [0.25, 0.3) is 0 Å². The summed E-state index contributed by atoms with van der Waals surface area (Å²) in [7, 11) is 0. The topological polar surface area (TPSA) is 0 Å². The number of alkyl halides is 2. The van der Waals surface area contributed by atoms with Gasteiger partial charge in [-0.15, -0.1) is 0 Å². The minimum absolute atomic E-state index is 0.905. The van der Waals surface area contributed by atoms with Crippen molar-refractivity contribution in [1.82, 2.24) is 0 Å². The first-order valence-corrected chi connectivity index (χ1v) is 5.40. The third-order valence-electron chi connectivity index (χ3n) is 1.21. The van der Waals surface area contributed by atoms with Gasteiger partial charge in [-0.1, -0.05) is 56.2 Å². The van der Waals surface area contributed by atoms with Gasteiger partial charge in [0.05, 0.1) is 0 Å². The second-order valence-corrected chi connectivity index (χ2v) is 3.39. The van der Waals surface area contributed by atoms with Crippen molar-refractivity contribution in [1.29, 1.82) is 0 Å². The van der Waals surface area contributed by atoms with Crippen molar-refractivity contribution in [2.45, 2.75) is 12.8 Å². The van der Waals surface area contributed by atoms with Gasteiger partial charge in [0.25, 0.3) is 0 Å². The lowest BCUT2D eigenvalue weighted by atomic mass is 10.1. The van der Waals surface area contributed by atoms with Crippen LogP contribution in [-0.2, 0) is 0 Å². The molecule has 0 fully saturated rings. The Hall–Kier alpha value is 0.440. The molecule has 0 spiro atoms. The van der Waals surface area contributed by atoms with Crippen LogP contribution in [0.5, 0.6) is 0 Å². The predicted molar refractivity (Wildman–Crippen MR) is 55.1 cm³/mol. The molecule has 0 aromatic heterocycles. The standard InChI is InChI=1S/C8H12Br2/c1-7(5-9)3-4-8(2)6-10/h1-6H2. The summed E-state index contributed by atoms with van der Waals surface area (Å²) in [5, 5.41) is 1.81. The lowest BCUT2D eigenvalue weighted by molar-refractivity contribution is 0.943. The molecule has 0 radical (unpaired) electrons. The van der Waals surface area contributed by atoms with Gasteiger partial charge < -0.3 is 0 Å². The molecule has 0 unspecified atom stereocenters. The van der Waals surface area contributed by atoms with E-state index in [2.05, 4.69) is 45.0 Å². The van der Waals surface area contributed by atoms with Crippen LogP contribution in [0, 0.1) is 0 Å². The molecular weight excluding hydrogens is 256 g/mol. The molecule has 0 rings (SSSR count). The summed E-state index contributed by atoms with van der Waals surface area (Å²) in [4.78, 5) is 0. The highest BCUT2D eigenvalue weighted by Gasteiger charge is 1.94. The first-order chi connectivity index (χ1) is 4.70. The summed E-state index contributed by atoms with van der Waals surface area (Å²) in [5.41, 5.74) is 2.48. The molecular formula is C8H12Br2. The molecule has 0 aromatic carbocycles. The molecule has 0 aliphatic rings. The summed E-state index contributed by atoms with van der Waals surface area (Å²) >= 11 is 6.69. The van der Waals surface area contributed by atoms with E-state index >= 15 is 0 Å². The van der Waals surface area contributed by atoms with Gasteiger partial charge >= 0.3 is 0 Å². The molecule has 0 atom stereocenters. The minimum atomic E-state index is 0.905. The molecule has 2 heteroatoms. The fourth-order valence-electron chi connectivity index (χ4n) is 0.487. The van der Waals surface area contributed by atoms with Crippen LogP contribution in [0.15, 0.2) is 24.3 Å². The zero-order chi connectivity index (χ0) is 7.98. The van der Waals surface area contributed by atoms with Crippen LogP contribution in [0.3, 0.4) is 0 Å². The van der Waals surface area contributed by atoms with Crippen LogP contribution < -0.4 is 0 Å². The van der Waals surface area contributed by atoms with Gasteiger partial charge in [-0.3, -0.25) is 0 Å². The fourth-order valence-corrected chi connectivity index (χ4v) is 1.05. The minimum Gasteiger partial charge on any atom is -0.0990 e. The van der Waals surface area contributed by atoms with Crippen LogP contribution >= 0.6 is 31.9 Å². The van der Waals surface area contributed by atoms with Gasteiger partial charge in [0, 0.05) is 10.7 Å². The van der Waals surface area contributed by atoms with Crippen LogP contribution in [0.1, 0.15) is 12.8 Å². The SMILES string of the molecule is C=C(CBr)CCC(=C)CBr. The zero-order valence-corrected chi connectivity index (χ0v) is 9.17. The van der Waals surface area contributed by atoms with Gasteiger partial charge in [0.2, 0.25) is 0 Å². The molecule has 0 aromatic rings. The smallest absolute Gasteiger partial charge is 0.0239 e. The van der Waals surface area contributed by atoms with Crippen LogP contribution in [0.2, 0.25) is 0 Å². The normalized spacial score (nSPS) is 9.40. The van der Waals surface area contributed by atoms with Gasteiger partial charge in [-0.25, -0.2) is 0 Å². The van der Waals surface area contributed by atoms with E-state index in [0.29, 0.717) is 0 Å². The van der Waals surface area contributed by atoms with E-state index in [-0.39, 0.29) is 0 Å². The molecule has 0 nitrogen and oxygen atoms in total. The van der Waals surface area contributed by atoms with Gasteiger partial charge in [-0.05, 0) is 12.8 Å². The average Bonchev–Trinajstić information content (AvgIpc) is 1.99. The molecule has 0 saturated carbocycles.